The van der Waals surface area contributed by atoms with E-state index in [4.69, 9.17) is 4.74 Å². The monoisotopic (exact) mass is 327 g/mol. The lowest BCUT2D eigenvalue weighted by Crippen LogP contribution is -2.41. The average Bonchev–Trinajstić information content (AvgIpc) is 2.40. The van der Waals surface area contributed by atoms with Crippen molar-refractivity contribution in [2.45, 2.75) is 30.5 Å². The molecule has 0 saturated heterocycles. The van der Waals surface area contributed by atoms with Crippen LogP contribution in [-0.2, 0) is 14.9 Å². The molecule has 0 aliphatic carbocycles. The number of hydrogen-bond donors (Lipinski definition) is 1. The molecule has 0 saturated carbocycles. The molecule has 3 nitrogen and oxygen atoms in total. The van der Waals surface area contributed by atoms with Crippen LogP contribution in [0.4, 0.5) is 0 Å². The van der Waals surface area contributed by atoms with Gasteiger partial charge in [0.05, 0.1) is 12.0 Å². The zero-order valence-corrected chi connectivity index (χ0v) is 13.4. The maximum absolute atomic E-state index is 12.2. The maximum atomic E-state index is 12.2. The summed E-state index contributed by atoms with van der Waals surface area (Å²) in [6.45, 7) is 5.18. The van der Waals surface area contributed by atoms with E-state index < -0.39 is 5.41 Å². The highest BCUT2D eigenvalue weighted by Crippen LogP contribution is 2.22. The predicted octanol–water partition coefficient (Wildman–Crippen LogP) is 2.88. The number of carbonyl (C=O) groups is 1. The van der Waals surface area contributed by atoms with E-state index in [2.05, 4.69) is 21.2 Å². The number of alkyl halides is 1. The van der Waals surface area contributed by atoms with Gasteiger partial charge in [-0.3, -0.25) is 4.79 Å². The van der Waals surface area contributed by atoms with E-state index in [1.807, 2.05) is 44.2 Å². The zero-order chi connectivity index (χ0) is 14.3. The number of benzene rings is 1. The molecule has 1 N–H and O–H groups in total. The Hall–Kier alpha value is -0.870. The second-order valence-corrected chi connectivity index (χ2v) is 6.38. The third-order valence-electron chi connectivity index (χ3n) is 3.15. The van der Waals surface area contributed by atoms with Crippen molar-refractivity contribution in [2.24, 2.45) is 0 Å². The van der Waals surface area contributed by atoms with Crippen molar-refractivity contribution in [3.63, 3.8) is 0 Å². The van der Waals surface area contributed by atoms with Crippen LogP contribution in [0.3, 0.4) is 0 Å². The van der Waals surface area contributed by atoms with Crippen molar-refractivity contribution in [1.82, 2.24) is 5.32 Å². The van der Waals surface area contributed by atoms with Crippen molar-refractivity contribution in [1.29, 1.82) is 0 Å². The summed E-state index contributed by atoms with van der Waals surface area (Å²) in [5.41, 5.74) is 0.518. The van der Waals surface area contributed by atoms with Gasteiger partial charge in [0.15, 0.2) is 0 Å². The Balaban J connectivity index is 2.49. The third kappa shape index (κ3) is 4.96. The van der Waals surface area contributed by atoms with Crippen LogP contribution in [-0.4, -0.2) is 31.0 Å². The van der Waals surface area contributed by atoms with Gasteiger partial charge in [0.1, 0.15) is 0 Å². The Bertz CT molecular complexity index is 392. The molecule has 1 aromatic rings. The maximum Gasteiger partial charge on any atom is 0.230 e. The molecule has 0 aromatic heterocycles. The fourth-order valence-electron chi connectivity index (χ4n) is 1.81. The number of ether oxygens (including phenoxy) is 1. The summed E-state index contributed by atoms with van der Waals surface area (Å²) in [5, 5.41) is 2.99. The van der Waals surface area contributed by atoms with Crippen LogP contribution in [0.1, 0.15) is 25.8 Å². The van der Waals surface area contributed by atoms with Crippen LogP contribution in [0.15, 0.2) is 30.3 Å². The Morgan fingerprint density at radius 2 is 2.00 bits per heavy atom. The van der Waals surface area contributed by atoms with E-state index in [1.165, 1.54) is 0 Å². The minimum Gasteiger partial charge on any atom is -0.384 e. The van der Waals surface area contributed by atoms with Crippen molar-refractivity contribution < 1.29 is 9.53 Å². The summed E-state index contributed by atoms with van der Waals surface area (Å²) in [4.78, 5) is 12.5. The molecule has 106 valence electrons. The lowest BCUT2D eigenvalue weighted by Gasteiger charge is -2.24. The van der Waals surface area contributed by atoms with Crippen molar-refractivity contribution >= 4 is 21.8 Å². The Kier molecular flexibility index (Phi) is 6.52. The van der Waals surface area contributed by atoms with Gasteiger partial charge in [-0.2, -0.15) is 0 Å². The lowest BCUT2D eigenvalue weighted by atomic mass is 9.84. The molecule has 1 amide bonds. The minimum absolute atomic E-state index is 0.0517. The van der Waals surface area contributed by atoms with Gasteiger partial charge < -0.3 is 10.1 Å². The molecule has 0 heterocycles. The fraction of sp³-hybridized carbons (Fsp3) is 0.533. The number of hydrogen-bond acceptors (Lipinski definition) is 2. The molecular formula is C15H22BrNO2. The molecule has 0 aliphatic heterocycles. The van der Waals surface area contributed by atoms with Crippen molar-refractivity contribution in [2.75, 3.05) is 20.3 Å². The van der Waals surface area contributed by atoms with Crippen LogP contribution in [0.2, 0.25) is 0 Å². The largest absolute Gasteiger partial charge is 0.384 e. The highest BCUT2D eigenvalue weighted by atomic mass is 79.9. The van der Waals surface area contributed by atoms with E-state index in [0.29, 0.717) is 13.2 Å². The highest BCUT2D eigenvalue weighted by Gasteiger charge is 2.29. The normalized spacial score (nSPS) is 13.1. The summed E-state index contributed by atoms with van der Waals surface area (Å²) >= 11 is 3.51. The average molecular weight is 328 g/mol. The van der Waals surface area contributed by atoms with Gasteiger partial charge >= 0.3 is 0 Å². The molecule has 19 heavy (non-hydrogen) atoms. The third-order valence-corrected chi connectivity index (χ3v) is 3.88. The molecule has 0 fully saturated rings. The molecule has 0 spiro atoms. The van der Waals surface area contributed by atoms with Crippen LogP contribution in [0.25, 0.3) is 0 Å². The first-order valence-electron chi connectivity index (χ1n) is 6.45. The van der Waals surface area contributed by atoms with E-state index in [-0.39, 0.29) is 10.7 Å². The van der Waals surface area contributed by atoms with Crippen LogP contribution in [0, 0.1) is 0 Å². The van der Waals surface area contributed by atoms with Gasteiger partial charge in [-0.05, 0) is 25.8 Å². The molecule has 4 heteroatoms. The van der Waals surface area contributed by atoms with Crippen LogP contribution >= 0.6 is 15.9 Å². The molecule has 1 unspecified atom stereocenters. The Labute approximate surface area is 123 Å². The first-order valence-corrected chi connectivity index (χ1v) is 7.37. The minimum atomic E-state index is -0.510. The molecular weight excluding hydrogens is 306 g/mol. The molecule has 1 rings (SSSR count). The molecule has 0 radical (unpaired) electrons. The van der Waals surface area contributed by atoms with Gasteiger partial charge in [0.25, 0.3) is 0 Å². The van der Waals surface area contributed by atoms with Gasteiger partial charge in [-0.15, -0.1) is 0 Å². The van der Waals surface area contributed by atoms with Gasteiger partial charge in [-0.25, -0.2) is 0 Å². The van der Waals surface area contributed by atoms with E-state index >= 15 is 0 Å². The van der Waals surface area contributed by atoms with E-state index in [0.717, 1.165) is 12.0 Å². The Morgan fingerprint density at radius 3 is 2.58 bits per heavy atom. The molecule has 0 aliphatic rings. The van der Waals surface area contributed by atoms with Gasteiger partial charge in [0.2, 0.25) is 5.91 Å². The highest BCUT2D eigenvalue weighted by molar-refractivity contribution is 9.09. The first kappa shape index (κ1) is 16.2. The van der Waals surface area contributed by atoms with Crippen LogP contribution in [0.5, 0.6) is 0 Å². The van der Waals surface area contributed by atoms with Crippen molar-refractivity contribution in [3.8, 4) is 0 Å². The number of nitrogens with one attached hydrogen (secondary N) is 1. The molecule has 1 aromatic carbocycles. The van der Waals surface area contributed by atoms with Gasteiger partial charge in [0, 0.05) is 18.5 Å². The SMILES string of the molecule is COCC(Br)CCNC(=O)C(C)(C)c1ccccc1. The molecule has 1 atom stereocenters. The smallest absolute Gasteiger partial charge is 0.230 e. The summed E-state index contributed by atoms with van der Waals surface area (Å²) < 4.78 is 5.04. The predicted molar refractivity (Wildman–Crippen MR) is 81.7 cm³/mol. The fourth-order valence-corrected chi connectivity index (χ4v) is 2.31. The van der Waals surface area contributed by atoms with E-state index in [1.54, 1.807) is 7.11 Å². The topological polar surface area (TPSA) is 38.3 Å². The number of methoxy groups -OCH3 is 1. The summed E-state index contributed by atoms with van der Waals surface area (Å²) in [6, 6.07) is 9.84. The number of halogens is 1. The second kappa shape index (κ2) is 7.65. The standard InChI is InChI=1S/C15H22BrNO2/c1-15(2,12-7-5-4-6-8-12)14(18)17-10-9-13(16)11-19-3/h4-8,13H,9-11H2,1-3H3,(H,17,18). The number of rotatable bonds is 7. The van der Waals surface area contributed by atoms with Gasteiger partial charge in [-0.1, -0.05) is 46.3 Å². The quantitative estimate of drug-likeness (QED) is 0.782. The molecule has 0 bridgehead atoms. The van der Waals surface area contributed by atoms with E-state index in [9.17, 15) is 4.79 Å². The summed E-state index contributed by atoms with van der Waals surface area (Å²) in [6.07, 6.45) is 0.852. The van der Waals surface area contributed by atoms with Crippen molar-refractivity contribution in [3.05, 3.63) is 35.9 Å². The summed E-state index contributed by atoms with van der Waals surface area (Å²) in [5.74, 6) is 0.0517. The Morgan fingerprint density at radius 1 is 1.37 bits per heavy atom. The number of carbonyl (C=O) groups excluding carboxylic acids is 1. The van der Waals surface area contributed by atoms with Crippen LogP contribution < -0.4 is 5.32 Å². The first-order chi connectivity index (χ1) is 8.98. The zero-order valence-electron chi connectivity index (χ0n) is 11.8. The second-order valence-electron chi connectivity index (χ2n) is 5.09. The lowest BCUT2D eigenvalue weighted by molar-refractivity contribution is -0.125. The summed E-state index contributed by atoms with van der Waals surface area (Å²) in [7, 11) is 1.67. The number of amides is 1.